The maximum atomic E-state index is 8.88. The first-order chi connectivity index (χ1) is 8.90. The van der Waals surface area contributed by atoms with E-state index in [1.165, 1.54) is 25.7 Å². The Morgan fingerprint density at radius 3 is 1.63 bits per heavy atom. The number of hydrogen-bond acceptors (Lipinski definition) is 3. The number of phosphoric acid groups is 1. The topological polar surface area (TPSA) is 96.2 Å². The molecule has 0 aromatic rings. The minimum Gasteiger partial charge on any atom is -0.303 e. The molecule has 0 amide bonds. The van der Waals surface area contributed by atoms with Crippen molar-refractivity contribution >= 4 is 7.82 Å². The van der Waals surface area contributed by atoms with Crippen LogP contribution in [0.3, 0.4) is 0 Å². The number of hydrogen-bond donors (Lipinski definition) is 3. The molecular weight excluding hydrogens is 271 g/mol. The van der Waals surface area contributed by atoms with Crippen molar-refractivity contribution in [2.45, 2.75) is 38.2 Å². The molecular formula is C12H21O6P. The van der Waals surface area contributed by atoms with E-state index in [-0.39, 0.29) is 0 Å². The third kappa shape index (κ3) is 3.20. The minimum atomic E-state index is -4.64. The molecule has 0 radical (unpaired) electrons. The van der Waals surface area contributed by atoms with Crippen LogP contribution in [-0.2, 0) is 14.3 Å². The molecule has 1 saturated heterocycles. The SMILES string of the molecule is C1C2CC3CC1CC(C2)C3C1COO1.O=P(O)(O)O. The quantitative estimate of drug-likeness (QED) is 0.500. The lowest BCUT2D eigenvalue weighted by atomic mass is 9.51. The van der Waals surface area contributed by atoms with Crippen LogP contribution in [-0.4, -0.2) is 27.4 Å². The van der Waals surface area contributed by atoms with Crippen LogP contribution >= 0.6 is 7.82 Å². The van der Waals surface area contributed by atoms with E-state index in [1.54, 1.807) is 6.42 Å². The summed E-state index contributed by atoms with van der Waals surface area (Å²) in [4.78, 5) is 31.7. The Morgan fingerprint density at radius 1 is 0.895 bits per heavy atom. The summed E-state index contributed by atoms with van der Waals surface area (Å²) in [5.41, 5.74) is 0. The van der Waals surface area contributed by atoms with Gasteiger partial charge < -0.3 is 14.7 Å². The minimum absolute atomic E-state index is 0.463. The van der Waals surface area contributed by atoms with Gasteiger partial charge in [0, 0.05) is 0 Å². The summed E-state index contributed by atoms with van der Waals surface area (Å²) in [6.45, 7) is 0.868. The molecule has 0 aromatic carbocycles. The lowest BCUT2D eigenvalue weighted by Gasteiger charge is -2.56. The smallest absolute Gasteiger partial charge is 0.303 e. The summed E-state index contributed by atoms with van der Waals surface area (Å²) in [7, 11) is -4.64. The second-order valence-corrected chi connectivity index (χ2v) is 7.47. The summed E-state index contributed by atoms with van der Waals surface area (Å²) >= 11 is 0. The lowest BCUT2D eigenvalue weighted by molar-refractivity contribution is -0.443. The van der Waals surface area contributed by atoms with Crippen molar-refractivity contribution in [1.29, 1.82) is 0 Å². The fraction of sp³-hybridized carbons (Fsp3) is 1.00. The Kier molecular flexibility index (Phi) is 3.75. The zero-order chi connectivity index (χ0) is 13.6. The first-order valence-corrected chi connectivity index (χ1v) is 8.53. The molecule has 5 fully saturated rings. The van der Waals surface area contributed by atoms with Gasteiger partial charge in [0.2, 0.25) is 0 Å². The van der Waals surface area contributed by atoms with Gasteiger partial charge in [-0.15, -0.1) is 0 Å². The molecule has 0 spiro atoms. The van der Waals surface area contributed by atoms with Gasteiger partial charge in [0.15, 0.2) is 0 Å². The molecule has 4 bridgehead atoms. The van der Waals surface area contributed by atoms with Gasteiger partial charge in [-0.05, 0) is 61.7 Å². The Balaban J connectivity index is 0.000000193. The predicted octanol–water partition coefficient (Wildman–Crippen LogP) is 1.46. The van der Waals surface area contributed by atoms with Crippen molar-refractivity contribution in [2.75, 3.05) is 6.61 Å². The van der Waals surface area contributed by atoms with Gasteiger partial charge in [-0.1, -0.05) is 0 Å². The average Bonchev–Trinajstić information content (AvgIpc) is 2.16. The Morgan fingerprint density at radius 2 is 1.32 bits per heavy atom. The van der Waals surface area contributed by atoms with Crippen molar-refractivity contribution < 1.29 is 29.0 Å². The van der Waals surface area contributed by atoms with Crippen LogP contribution in [0.15, 0.2) is 0 Å². The summed E-state index contributed by atoms with van der Waals surface area (Å²) in [5, 5.41) is 0. The van der Waals surface area contributed by atoms with Crippen molar-refractivity contribution in [1.82, 2.24) is 0 Å². The Bertz CT molecular complexity index is 340. The second-order valence-electron chi connectivity index (χ2n) is 6.44. The summed E-state index contributed by atoms with van der Waals surface area (Å²) in [6, 6.07) is 0. The fourth-order valence-electron chi connectivity index (χ4n) is 4.90. The monoisotopic (exact) mass is 292 g/mol. The number of rotatable bonds is 1. The van der Waals surface area contributed by atoms with Crippen LogP contribution in [0.2, 0.25) is 0 Å². The molecule has 0 aromatic heterocycles. The van der Waals surface area contributed by atoms with E-state index < -0.39 is 7.82 Å². The van der Waals surface area contributed by atoms with E-state index in [2.05, 4.69) is 0 Å². The molecule has 19 heavy (non-hydrogen) atoms. The van der Waals surface area contributed by atoms with Gasteiger partial charge in [0.1, 0.15) is 12.7 Å². The van der Waals surface area contributed by atoms with E-state index in [0.717, 1.165) is 36.2 Å². The molecule has 1 heterocycles. The molecule has 1 aliphatic heterocycles. The standard InChI is InChI=1S/C12H18O2.H3O4P/c1-7-2-9-4-8(1)5-10(3-7)12(9)11-6-13-14-11;1-5(2,3)4/h7-12H,1-6H2;(H3,1,2,3,4). The van der Waals surface area contributed by atoms with Gasteiger partial charge >= 0.3 is 7.82 Å². The molecule has 5 aliphatic rings. The highest BCUT2D eigenvalue weighted by Gasteiger charge is 2.52. The lowest BCUT2D eigenvalue weighted by Crippen LogP contribution is -2.53. The highest BCUT2D eigenvalue weighted by Crippen LogP contribution is 2.58. The molecule has 110 valence electrons. The first-order valence-electron chi connectivity index (χ1n) is 6.96. The van der Waals surface area contributed by atoms with Crippen LogP contribution in [0.25, 0.3) is 0 Å². The molecule has 4 saturated carbocycles. The molecule has 1 atom stereocenters. The van der Waals surface area contributed by atoms with Crippen LogP contribution in [0, 0.1) is 29.6 Å². The van der Waals surface area contributed by atoms with E-state index in [9.17, 15) is 0 Å². The predicted molar refractivity (Wildman–Crippen MR) is 65.6 cm³/mol. The average molecular weight is 292 g/mol. The molecule has 5 rings (SSSR count). The van der Waals surface area contributed by atoms with Crippen molar-refractivity contribution in [2.24, 2.45) is 29.6 Å². The fourth-order valence-corrected chi connectivity index (χ4v) is 4.90. The maximum absolute atomic E-state index is 8.88. The van der Waals surface area contributed by atoms with E-state index in [0.29, 0.717) is 6.10 Å². The summed E-state index contributed by atoms with van der Waals surface area (Å²) < 4.78 is 8.88. The van der Waals surface area contributed by atoms with Crippen LogP contribution in [0.5, 0.6) is 0 Å². The van der Waals surface area contributed by atoms with Gasteiger partial charge in [-0.3, -0.25) is 0 Å². The zero-order valence-corrected chi connectivity index (χ0v) is 11.6. The van der Waals surface area contributed by atoms with Crippen LogP contribution < -0.4 is 0 Å². The summed E-state index contributed by atoms with van der Waals surface area (Å²) in [5.74, 6) is 4.99. The van der Waals surface area contributed by atoms with E-state index in [4.69, 9.17) is 29.0 Å². The highest BCUT2D eigenvalue weighted by molar-refractivity contribution is 7.45. The first kappa shape index (κ1) is 14.0. The van der Waals surface area contributed by atoms with Crippen molar-refractivity contribution in [3.05, 3.63) is 0 Å². The van der Waals surface area contributed by atoms with Crippen LogP contribution in [0.4, 0.5) is 0 Å². The van der Waals surface area contributed by atoms with Crippen molar-refractivity contribution in [3.63, 3.8) is 0 Å². The second kappa shape index (κ2) is 5.10. The normalized spacial score (nSPS) is 47.3. The van der Waals surface area contributed by atoms with E-state index in [1.807, 2.05) is 0 Å². The molecule has 6 nitrogen and oxygen atoms in total. The van der Waals surface area contributed by atoms with Gasteiger partial charge in [0.25, 0.3) is 0 Å². The van der Waals surface area contributed by atoms with Crippen LogP contribution in [0.1, 0.15) is 32.1 Å². The maximum Gasteiger partial charge on any atom is 0.466 e. The van der Waals surface area contributed by atoms with Gasteiger partial charge in [-0.25, -0.2) is 14.3 Å². The molecule has 7 heteroatoms. The molecule has 3 N–H and O–H groups in total. The Hall–Kier alpha value is 0.0300. The molecule has 1 unspecified atom stereocenters. The Labute approximate surface area is 112 Å². The highest BCUT2D eigenvalue weighted by atomic mass is 31.2. The van der Waals surface area contributed by atoms with Crippen molar-refractivity contribution in [3.8, 4) is 0 Å². The third-order valence-corrected chi connectivity index (χ3v) is 5.15. The largest absolute Gasteiger partial charge is 0.466 e. The molecule has 4 aliphatic carbocycles. The van der Waals surface area contributed by atoms with Gasteiger partial charge in [-0.2, -0.15) is 0 Å². The summed E-state index contributed by atoms with van der Waals surface area (Å²) in [6.07, 6.45) is 8.00. The van der Waals surface area contributed by atoms with Gasteiger partial charge in [0.05, 0.1) is 0 Å². The van der Waals surface area contributed by atoms with E-state index >= 15 is 0 Å². The zero-order valence-electron chi connectivity index (χ0n) is 10.7. The third-order valence-electron chi connectivity index (χ3n) is 5.15.